The van der Waals surface area contributed by atoms with Crippen LogP contribution in [-0.4, -0.2) is 6.61 Å². The summed E-state index contributed by atoms with van der Waals surface area (Å²) in [6.45, 7) is 2.37. The molecule has 0 saturated carbocycles. The van der Waals surface area contributed by atoms with E-state index in [1.807, 2.05) is 12.8 Å². The third-order valence-corrected chi connectivity index (χ3v) is 5.87. The summed E-state index contributed by atoms with van der Waals surface area (Å²) in [4.78, 5) is 0. The Balaban J connectivity index is 1.54. The Kier molecular flexibility index (Phi) is 9.05. The lowest BCUT2D eigenvalue weighted by Gasteiger charge is -2.19. The summed E-state index contributed by atoms with van der Waals surface area (Å²) in [5, 5.41) is 0. The average Bonchev–Trinajstić information content (AvgIpc) is 2.91. The van der Waals surface area contributed by atoms with Crippen LogP contribution in [-0.2, 0) is 6.11 Å². The highest BCUT2D eigenvalue weighted by Crippen LogP contribution is 2.34. The van der Waals surface area contributed by atoms with Gasteiger partial charge < -0.3 is 9.47 Å². The molecule has 4 aromatic carbocycles. The van der Waals surface area contributed by atoms with Gasteiger partial charge in [0.05, 0.1) is 23.3 Å². The minimum absolute atomic E-state index is 0.357. The van der Waals surface area contributed by atoms with E-state index < -0.39 is 80.4 Å². The predicted molar refractivity (Wildman–Crippen MR) is 135 cm³/mol. The molecular weight excluding hydrogens is 575 g/mol. The molecule has 0 aliphatic heterocycles. The fourth-order valence-corrected chi connectivity index (χ4v) is 3.77. The summed E-state index contributed by atoms with van der Waals surface area (Å²) in [6.07, 6.45) is -2.31. The number of benzene rings is 4. The molecule has 0 amide bonds. The van der Waals surface area contributed by atoms with Gasteiger partial charge in [-0.05, 0) is 60.5 Å². The number of rotatable bonds is 8. The molecule has 0 atom stereocenters. The van der Waals surface area contributed by atoms with Crippen LogP contribution in [0, 0.1) is 52.6 Å². The third-order valence-electron chi connectivity index (χ3n) is 5.87. The molecule has 4 rings (SSSR count). The molecule has 0 aliphatic rings. The molecule has 0 spiro atoms. The fraction of sp³-hybridized carbons (Fsp3) is 0.161. The van der Waals surface area contributed by atoms with Crippen molar-refractivity contribution in [1.82, 2.24) is 0 Å². The number of alkyl halides is 2. The Labute approximate surface area is 234 Å². The Morgan fingerprint density at radius 3 is 1.79 bits per heavy atom. The predicted octanol–water partition coefficient (Wildman–Crippen LogP) is 9.03. The SMILES string of the molecule is CCCCOc1ccc(C(F)(F)Oc2cc(F)c(C#Cc3cc(F)c(-c4cc(F)c(F)c(F)c4)c(F)c3)c(F)c2)cc1. The zero-order valence-corrected chi connectivity index (χ0v) is 21.6. The molecule has 0 aromatic heterocycles. The quantitative estimate of drug-likeness (QED) is 0.0878. The van der Waals surface area contributed by atoms with E-state index in [0.717, 1.165) is 25.0 Å². The molecule has 0 unspecified atom stereocenters. The first kappa shape index (κ1) is 30.4. The highest BCUT2D eigenvalue weighted by molar-refractivity contribution is 5.66. The van der Waals surface area contributed by atoms with Gasteiger partial charge in [0.1, 0.15) is 34.8 Å². The Morgan fingerprint density at radius 1 is 0.667 bits per heavy atom. The molecular formula is C31H19F9O2. The van der Waals surface area contributed by atoms with E-state index >= 15 is 0 Å². The van der Waals surface area contributed by atoms with Gasteiger partial charge in [0.15, 0.2) is 17.5 Å². The largest absolute Gasteiger partial charge is 0.494 e. The topological polar surface area (TPSA) is 18.5 Å². The molecule has 0 radical (unpaired) electrons. The maximum absolute atomic E-state index is 14.6. The molecule has 4 aromatic rings. The number of hydrogen-bond donors (Lipinski definition) is 0. The summed E-state index contributed by atoms with van der Waals surface area (Å²) in [5.41, 5.74) is -3.47. The van der Waals surface area contributed by atoms with Gasteiger partial charge in [0, 0.05) is 17.7 Å². The molecule has 0 bridgehead atoms. The fourth-order valence-electron chi connectivity index (χ4n) is 3.77. The lowest BCUT2D eigenvalue weighted by atomic mass is 10.0. The van der Waals surface area contributed by atoms with Crippen LogP contribution in [0.3, 0.4) is 0 Å². The lowest BCUT2D eigenvalue weighted by Crippen LogP contribution is -2.22. The second-order valence-corrected chi connectivity index (χ2v) is 8.93. The molecule has 218 valence electrons. The second-order valence-electron chi connectivity index (χ2n) is 8.93. The summed E-state index contributed by atoms with van der Waals surface area (Å²) in [5.74, 6) is -7.01. The first-order chi connectivity index (χ1) is 19.9. The monoisotopic (exact) mass is 594 g/mol. The van der Waals surface area contributed by atoms with Gasteiger partial charge in [-0.25, -0.2) is 30.7 Å². The maximum atomic E-state index is 14.6. The summed E-state index contributed by atoms with van der Waals surface area (Å²) >= 11 is 0. The summed E-state index contributed by atoms with van der Waals surface area (Å²) in [6, 6.07) is 7.64. The average molecular weight is 594 g/mol. The van der Waals surface area contributed by atoms with Crippen molar-refractivity contribution in [2.45, 2.75) is 25.9 Å². The zero-order valence-electron chi connectivity index (χ0n) is 21.6. The van der Waals surface area contributed by atoms with E-state index in [2.05, 4.69) is 10.7 Å². The van der Waals surface area contributed by atoms with Crippen molar-refractivity contribution in [2.24, 2.45) is 0 Å². The molecule has 0 aliphatic carbocycles. The van der Waals surface area contributed by atoms with Crippen LogP contribution in [0.4, 0.5) is 39.5 Å². The van der Waals surface area contributed by atoms with E-state index in [4.69, 9.17) is 4.74 Å². The molecule has 0 fully saturated rings. The summed E-state index contributed by atoms with van der Waals surface area (Å²) in [7, 11) is 0. The van der Waals surface area contributed by atoms with Crippen LogP contribution >= 0.6 is 0 Å². The Morgan fingerprint density at radius 2 is 1.24 bits per heavy atom. The van der Waals surface area contributed by atoms with Crippen LogP contribution in [0.2, 0.25) is 0 Å². The van der Waals surface area contributed by atoms with Crippen LogP contribution < -0.4 is 9.47 Å². The first-order valence-corrected chi connectivity index (χ1v) is 12.3. The number of unbranched alkanes of at least 4 members (excludes halogenated alkanes) is 1. The van der Waals surface area contributed by atoms with Gasteiger partial charge in [0.25, 0.3) is 0 Å². The van der Waals surface area contributed by atoms with Crippen molar-refractivity contribution in [2.75, 3.05) is 6.61 Å². The third kappa shape index (κ3) is 6.82. The van der Waals surface area contributed by atoms with Crippen molar-refractivity contribution in [3.63, 3.8) is 0 Å². The minimum Gasteiger partial charge on any atom is -0.494 e. The zero-order chi connectivity index (χ0) is 30.6. The molecule has 0 heterocycles. The Hall–Kier alpha value is -4.59. The molecule has 2 nitrogen and oxygen atoms in total. The van der Waals surface area contributed by atoms with E-state index in [0.29, 0.717) is 48.8 Å². The minimum atomic E-state index is -3.97. The number of ether oxygens (including phenoxy) is 2. The van der Waals surface area contributed by atoms with Crippen LogP contribution in [0.25, 0.3) is 11.1 Å². The van der Waals surface area contributed by atoms with Crippen molar-refractivity contribution < 1.29 is 49.0 Å². The standard InChI is InChI=1S/C31H19F9O2/c1-2-3-10-41-20-7-5-19(6-8-20)31(39,40)42-21-15-23(32)22(24(33)16-21)9-4-17-11-25(34)29(26(35)12-17)18-13-27(36)30(38)28(37)14-18/h5-8,11-16H,2-3,10H2,1H3. The van der Waals surface area contributed by atoms with Crippen LogP contribution in [0.1, 0.15) is 36.5 Å². The van der Waals surface area contributed by atoms with Crippen molar-refractivity contribution in [1.29, 1.82) is 0 Å². The summed E-state index contributed by atoms with van der Waals surface area (Å²) < 4.78 is 138. The Bertz CT molecular complexity index is 1600. The van der Waals surface area contributed by atoms with Crippen molar-refractivity contribution in [3.8, 4) is 34.5 Å². The van der Waals surface area contributed by atoms with E-state index in [1.54, 1.807) is 0 Å². The van der Waals surface area contributed by atoms with Crippen molar-refractivity contribution >= 4 is 0 Å². The first-order valence-electron chi connectivity index (χ1n) is 12.3. The number of halogens is 9. The molecule has 0 saturated heterocycles. The molecule has 0 N–H and O–H groups in total. The van der Waals surface area contributed by atoms with Crippen LogP contribution in [0.5, 0.6) is 11.5 Å². The second kappa shape index (κ2) is 12.5. The normalized spacial score (nSPS) is 11.2. The highest BCUT2D eigenvalue weighted by Gasteiger charge is 2.35. The lowest BCUT2D eigenvalue weighted by molar-refractivity contribution is -0.185. The molecule has 11 heteroatoms. The van der Waals surface area contributed by atoms with E-state index in [-0.39, 0.29) is 0 Å². The number of hydrogen-bond acceptors (Lipinski definition) is 2. The maximum Gasteiger partial charge on any atom is 0.426 e. The van der Waals surface area contributed by atoms with Gasteiger partial charge >= 0.3 is 6.11 Å². The van der Waals surface area contributed by atoms with Crippen molar-refractivity contribution in [3.05, 3.63) is 118 Å². The van der Waals surface area contributed by atoms with E-state index in [9.17, 15) is 39.5 Å². The highest BCUT2D eigenvalue weighted by atomic mass is 19.3. The van der Waals surface area contributed by atoms with Gasteiger partial charge in [-0.3, -0.25) is 0 Å². The van der Waals surface area contributed by atoms with Gasteiger partial charge in [-0.2, -0.15) is 8.78 Å². The van der Waals surface area contributed by atoms with Gasteiger partial charge in [0.2, 0.25) is 0 Å². The van der Waals surface area contributed by atoms with Gasteiger partial charge in [-0.1, -0.05) is 25.2 Å². The van der Waals surface area contributed by atoms with Crippen LogP contribution in [0.15, 0.2) is 60.7 Å². The van der Waals surface area contributed by atoms with Gasteiger partial charge in [-0.15, -0.1) is 0 Å². The smallest absolute Gasteiger partial charge is 0.426 e. The molecule has 42 heavy (non-hydrogen) atoms. The van der Waals surface area contributed by atoms with E-state index in [1.165, 1.54) is 12.1 Å².